The van der Waals surface area contributed by atoms with Gasteiger partial charge in [-0.2, -0.15) is 0 Å². The maximum Gasteiger partial charge on any atom is 0.263 e. The molecular weight excluding hydrogens is 340 g/mol. The SMILES string of the molecule is CCC(=S)Nc1ccc(C(F)F)cc1COc1ccc(CC)cc1C. The lowest BCUT2D eigenvalue weighted by molar-refractivity contribution is 0.151. The molecule has 2 aromatic carbocycles. The van der Waals surface area contributed by atoms with Crippen LogP contribution in [0.5, 0.6) is 5.75 Å². The van der Waals surface area contributed by atoms with Crippen molar-refractivity contribution in [3.8, 4) is 5.75 Å². The number of hydrogen-bond acceptors (Lipinski definition) is 2. The van der Waals surface area contributed by atoms with Gasteiger partial charge in [-0.1, -0.05) is 44.3 Å². The molecule has 2 nitrogen and oxygen atoms in total. The first-order valence-corrected chi connectivity index (χ1v) is 8.78. The summed E-state index contributed by atoms with van der Waals surface area (Å²) in [7, 11) is 0. The summed E-state index contributed by atoms with van der Waals surface area (Å²) in [4.78, 5) is 0.662. The highest BCUT2D eigenvalue weighted by molar-refractivity contribution is 7.80. The number of rotatable bonds is 7. The van der Waals surface area contributed by atoms with Gasteiger partial charge in [-0.15, -0.1) is 0 Å². The minimum absolute atomic E-state index is 0.0235. The fraction of sp³-hybridized carbons (Fsp3) is 0.350. The van der Waals surface area contributed by atoms with Crippen LogP contribution in [0.25, 0.3) is 0 Å². The van der Waals surface area contributed by atoms with E-state index in [1.54, 1.807) is 6.07 Å². The molecule has 0 saturated heterocycles. The van der Waals surface area contributed by atoms with Crippen LogP contribution in [0.4, 0.5) is 14.5 Å². The van der Waals surface area contributed by atoms with Crippen molar-refractivity contribution < 1.29 is 13.5 Å². The van der Waals surface area contributed by atoms with Gasteiger partial charge >= 0.3 is 0 Å². The second-order valence-corrected chi connectivity index (χ2v) is 6.35. The Labute approximate surface area is 153 Å². The molecule has 0 aliphatic heterocycles. The van der Waals surface area contributed by atoms with Crippen LogP contribution in [-0.4, -0.2) is 4.99 Å². The van der Waals surface area contributed by atoms with E-state index in [1.807, 2.05) is 26.0 Å². The van der Waals surface area contributed by atoms with Gasteiger partial charge < -0.3 is 10.1 Å². The maximum absolute atomic E-state index is 13.0. The smallest absolute Gasteiger partial charge is 0.263 e. The van der Waals surface area contributed by atoms with Crippen molar-refractivity contribution in [2.45, 2.75) is 46.6 Å². The average Bonchev–Trinajstić information content (AvgIpc) is 2.61. The molecule has 2 aromatic rings. The molecule has 0 atom stereocenters. The lowest BCUT2D eigenvalue weighted by Gasteiger charge is -2.16. The van der Waals surface area contributed by atoms with Gasteiger partial charge in [0.05, 0.1) is 4.99 Å². The van der Waals surface area contributed by atoms with E-state index in [9.17, 15) is 8.78 Å². The van der Waals surface area contributed by atoms with Gasteiger partial charge in [-0.25, -0.2) is 8.78 Å². The van der Waals surface area contributed by atoms with Crippen LogP contribution in [0.1, 0.15) is 48.9 Å². The number of aryl methyl sites for hydroxylation is 2. The van der Waals surface area contributed by atoms with Crippen molar-refractivity contribution in [2.75, 3.05) is 5.32 Å². The number of anilines is 1. The topological polar surface area (TPSA) is 21.3 Å². The lowest BCUT2D eigenvalue weighted by Crippen LogP contribution is -2.11. The fourth-order valence-corrected chi connectivity index (χ4v) is 2.59. The van der Waals surface area contributed by atoms with Crippen LogP contribution in [-0.2, 0) is 13.0 Å². The summed E-state index contributed by atoms with van der Waals surface area (Å²) in [6.07, 6.45) is -0.874. The number of alkyl halides is 2. The van der Waals surface area contributed by atoms with Crippen LogP contribution in [0.15, 0.2) is 36.4 Å². The molecule has 0 bridgehead atoms. The lowest BCUT2D eigenvalue weighted by atomic mass is 10.1. The highest BCUT2D eigenvalue weighted by Crippen LogP contribution is 2.27. The van der Waals surface area contributed by atoms with Gasteiger partial charge in [-0.3, -0.25) is 0 Å². The molecule has 0 unspecified atom stereocenters. The maximum atomic E-state index is 13.0. The Morgan fingerprint density at radius 1 is 1.16 bits per heavy atom. The van der Waals surface area contributed by atoms with Gasteiger partial charge in [-0.05, 0) is 49.1 Å². The molecule has 1 N–H and O–H groups in total. The molecule has 0 aliphatic rings. The van der Waals surface area contributed by atoms with Crippen LogP contribution >= 0.6 is 12.2 Å². The standard InChI is InChI=1S/C20H23F2NOS/c1-4-14-6-9-18(13(3)10-14)24-12-16-11-15(20(21)22)7-8-17(16)23-19(25)5-2/h6-11,20H,4-5,12H2,1-3H3,(H,23,25). The zero-order valence-corrected chi connectivity index (χ0v) is 15.6. The summed E-state index contributed by atoms with van der Waals surface area (Å²) in [5.41, 5.74) is 3.61. The van der Waals surface area contributed by atoms with E-state index in [4.69, 9.17) is 17.0 Å². The number of benzene rings is 2. The summed E-state index contributed by atoms with van der Waals surface area (Å²) in [5.74, 6) is 0.753. The quantitative estimate of drug-likeness (QED) is 0.590. The van der Waals surface area contributed by atoms with Crippen molar-refractivity contribution in [1.82, 2.24) is 0 Å². The Morgan fingerprint density at radius 2 is 1.92 bits per heavy atom. The van der Waals surface area contributed by atoms with Crippen molar-refractivity contribution in [3.63, 3.8) is 0 Å². The Morgan fingerprint density at radius 3 is 2.52 bits per heavy atom. The predicted octanol–water partition coefficient (Wildman–Crippen LogP) is 6.22. The van der Waals surface area contributed by atoms with E-state index in [0.717, 1.165) is 17.7 Å². The molecule has 2 rings (SSSR count). The second-order valence-electron chi connectivity index (χ2n) is 5.86. The van der Waals surface area contributed by atoms with Crippen LogP contribution < -0.4 is 10.1 Å². The number of thiocarbonyl (C=S) groups is 1. The fourth-order valence-electron chi connectivity index (χ4n) is 2.48. The minimum Gasteiger partial charge on any atom is -0.489 e. The number of hydrogen-bond donors (Lipinski definition) is 1. The first kappa shape index (κ1) is 19.3. The van der Waals surface area contributed by atoms with Crippen molar-refractivity contribution in [3.05, 3.63) is 58.7 Å². The molecule has 0 aromatic heterocycles. The molecule has 0 radical (unpaired) electrons. The Balaban J connectivity index is 2.23. The van der Waals surface area contributed by atoms with E-state index in [1.165, 1.54) is 17.7 Å². The molecule has 0 amide bonds. The predicted molar refractivity (Wildman–Crippen MR) is 103 cm³/mol. The summed E-state index contributed by atoms with van der Waals surface area (Å²) in [5, 5.41) is 3.10. The van der Waals surface area contributed by atoms with E-state index < -0.39 is 6.43 Å². The number of nitrogens with one attached hydrogen (secondary N) is 1. The molecule has 0 spiro atoms. The van der Waals surface area contributed by atoms with E-state index in [2.05, 4.69) is 18.3 Å². The summed E-state index contributed by atoms with van der Waals surface area (Å²) >= 11 is 5.21. The van der Waals surface area contributed by atoms with Crippen molar-refractivity contribution >= 4 is 22.9 Å². The van der Waals surface area contributed by atoms with E-state index >= 15 is 0 Å². The molecular formula is C20H23F2NOS. The van der Waals surface area contributed by atoms with Crippen molar-refractivity contribution in [2.24, 2.45) is 0 Å². The van der Waals surface area contributed by atoms with Gasteiger partial charge in [0.2, 0.25) is 0 Å². The second kappa shape index (κ2) is 8.90. The zero-order chi connectivity index (χ0) is 18.4. The third-order valence-electron chi connectivity index (χ3n) is 4.01. The Bertz CT molecular complexity index is 746. The summed E-state index contributed by atoms with van der Waals surface area (Å²) in [6.45, 7) is 6.22. The zero-order valence-electron chi connectivity index (χ0n) is 14.7. The highest BCUT2D eigenvalue weighted by Gasteiger charge is 2.12. The monoisotopic (exact) mass is 363 g/mol. The van der Waals surface area contributed by atoms with Crippen LogP contribution in [0, 0.1) is 6.92 Å². The molecule has 0 aliphatic carbocycles. The van der Waals surface area contributed by atoms with Gasteiger partial charge in [0.15, 0.2) is 0 Å². The van der Waals surface area contributed by atoms with Gasteiger partial charge in [0.25, 0.3) is 6.43 Å². The largest absolute Gasteiger partial charge is 0.489 e. The third-order valence-corrected chi connectivity index (χ3v) is 4.40. The average molecular weight is 363 g/mol. The summed E-state index contributed by atoms with van der Waals surface area (Å²) in [6, 6.07) is 10.5. The highest BCUT2D eigenvalue weighted by atomic mass is 32.1. The first-order valence-electron chi connectivity index (χ1n) is 8.37. The van der Waals surface area contributed by atoms with Gasteiger partial charge in [0.1, 0.15) is 12.4 Å². The first-order chi connectivity index (χ1) is 11.9. The Hall–Kier alpha value is -2.01. The minimum atomic E-state index is -2.52. The molecule has 5 heteroatoms. The number of ether oxygens (including phenoxy) is 1. The van der Waals surface area contributed by atoms with E-state index in [0.29, 0.717) is 22.7 Å². The molecule has 0 saturated carbocycles. The molecule has 25 heavy (non-hydrogen) atoms. The van der Waals surface area contributed by atoms with E-state index in [-0.39, 0.29) is 12.2 Å². The number of halogens is 2. The van der Waals surface area contributed by atoms with Crippen LogP contribution in [0.2, 0.25) is 0 Å². The summed E-state index contributed by atoms with van der Waals surface area (Å²) < 4.78 is 31.9. The Kier molecular flexibility index (Phi) is 6.88. The molecule has 134 valence electrons. The molecule has 0 heterocycles. The van der Waals surface area contributed by atoms with Crippen LogP contribution in [0.3, 0.4) is 0 Å². The normalized spacial score (nSPS) is 10.8. The third kappa shape index (κ3) is 5.23. The van der Waals surface area contributed by atoms with Crippen molar-refractivity contribution in [1.29, 1.82) is 0 Å². The van der Waals surface area contributed by atoms with Gasteiger partial charge in [0, 0.05) is 16.8 Å². The molecule has 0 fully saturated rings.